The van der Waals surface area contributed by atoms with Gasteiger partial charge in [0.25, 0.3) is 0 Å². The minimum atomic E-state index is -1.88. The molecule has 7 heteroatoms. The Balaban J connectivity index is 1.35. The molecule has 4 rings (SSSR count). The molecule has 1 unspecified atom stereocenters. The van der Waals surface area contributed by atoms with Gasteiger partial charge in [-0.1, -0.05) is 23.8 Å². The smallest absolute Gasteiger partial charge is 0.339 e. The number of aromatic nitrogens is 1. The number of benzene rings is 2. The second-order valence-electron chi connectivity index (χ2n) is 9.12. The van der Waals surface area contributed by atoms with E-state index in [2.05, 4.69) is 4.98 Å². The number of amides is 1. The van der Waals surface area contributed by atoms with Crippen LogP contribution in [0, 0.1) is 6.92 Å². The second-order valence-corrected chi connectivity index (χ2v) is 9.12. The zero-order valence-electron chi connectivity index (χ0n) is 20.3. The van der Waals surface area contributed by atoms with Crippen LogP contribution in [0.2, 0.25) is 0 Å². The molecule has 1 atom stereocenters. The molecule has 0 bridgehead atoms. The number of carbonyl (C=O) groups excluding carboxylic acids is 1. The fourth-order valence-corrected chi connectivity index (χ4v) is 4.14. The van der Waals surface area contributed by atoms with E-state index in [1.54, 1.807) is 24.5 Å². The number of pyridine rings is 1. The summed E-state index contributed by atoms with van der Waals surface area (Å²) in [7, 11) is 0. The van der Waals surface area contributed by atoms with E-state index in [1.807, 2.05) is 55.5 Å². The minimum Gasteiger partial charge on any atom is -0.494 e. The van der Waals surface area contributed by atoms with Gasteiger partial charge in [0.2, 0.25) is 5.91 Å². The maximum absolute atomic E-state index is 12.5. The van der Waals surface area contributed by atoms with E-state index in [9.17, 15) is 14.7 Å². The van der Waals surface area contributed by atoms with Crippen molar-refractivity contribution in [2.75, 3.05) is 6.61 Å². The molecule has 0 fully saturated rings. The van der Waals surface area contributed by atoms with E-state index in [0.29, 0.717) is 18.6 Å². The molecule has 2 aromatic carbocycles. The zero-order chi connectivity index (χ0) is 25.5. The van der Waals surface area contributed by atoms with Gasteiger partial charge in [-0.15, -0.1) is 0 Å². The van der Waals surface area contributed by atoms with Crippen LogP contribution in [0.15, 0.2) is 82.3 Å². The van der Waals surface area contributed by atoms with Crippen LogP contribution in [-0.4, -0.2) is 28.2 Å². The van der Waals surface area contributed by atoms with Gasteiger partial charge in [0.1, 0.15) is 16.9 Å². The number of hydrogen-bond donors (Lipinski definition) is 2. The van der Waals surface area contributed by atoms with Crippen molar-refractivity contribution in [1.29, 1.82) is 0 Å². The first-order chi connectivity index (χ1) is 17.3. The lowest BCUT2D eigenvalue weighted by molar-refractivity contribution is -0.136. The van der Waals surface area contributed by atoms with Crippen LogP contribution in [0.3, 0.4) is 0 Å². The summed E-state index contributed by atoms with van der Waals surface area (Å²) < 4.78 is 11.2. The molecule has 2 aromatic heterocycles. The van der Waals surface area contributed by atoms with E-state index in [1.165, 1.54) is 5.56 Å². The van der Waals surface area contributed by atoms with Crippen molar-refractivity contribution in [1.82, 2.24) is 4.98 Å². The number of rotatable bonds is 11. The number of fused-ring (bicyclic) bond motifs is 1. The first-order valence-corrected chi connectivity index (χ1v) is 12.0. The van der Waals surface area contributed by atoms with Crippen molar-refractivity contribution < 1.29 is 19.1 Å². The average molecular weight is 487 g/mol. The maximum Gasteiger partial charge on any atom is 0.339 e. The molecule has 186 valence electrons. The average Bonchev–Trinajstić information content (AvgIpc) is 2.87. The van der Waals surface area contributed by atoms with Gasteiger partial charge in [0.15, 0.2) is 0 Å². The Bertz CT molecular complexity index is 1380. The molecule has 7 nitrogen and oxygen atoms in total. The zero-order valence-corrected chi connectivity index (χ0v) is 20.3. The van der Waals surface area contributed by atoms with Crippen LogP contribution in [0.4, 0.5) is 0 Å². The lowest BCUT2D eigenvalue weighted by Gasteiger charge is -2.24. The molecule has 3 N–H and O–H groups in total. The quantitative estimate of drug-likeness (QED) is 0.245. The normalized spacial score (nSPS) is 12.8. The van der Waals surface area contributed by atoms with E-state index in [0.717, 1.165) is 35.1 Å². The van der Waals surface area contributed by atoms with Gasteiger partial charge < -0.3 is 20.0 Å². The Labute approximate surface area is 209 Å². The Kier molecular flexibility index (Phi) is 7.80. The van der Waals surface area contributed by atoms with Crippen molar-refractivity contribution in [2.45, 2.75) is 44.6 Å². The van der Waals surface area contributed by atoms with Gasteiger partial charge in [0.05, 0.1) is 6.61 Å². The highest BCUT2D eigenvalue weighted by atomic mass is 16.5. The molecule has 2 heterocycles. The predicted molar refractivity (Wildman–Crippen MR) is 138 cm³/mol. The molecule has 36 heavy (non-hydrogen) atoms. The lowest BCUT2D eigenvalue weighted by Crippen LogP contribution is -2.47. The third-order valence-corrected chi connectivity index (χ3v) is 6.28. The maximum atomic E-state index is 12.5. The third kappa shape index (κ3) is 6.37. The van der Waals surface area contributed by atoms with E-state index in [4.69, 9.17) is 14.9 Å². The Morgan fingerprint density at radius 3 is 2.47 bits per heavy atom. The summed E-state index contributed by atoms with van der Waals surface area (Å²) in [5, 5.41) is 11.8. The van der Waals surface area contributed by atoms with Crippen molar-refractivity contribution in [3.63, 3.8) is 0 Å². The fourth-order valence-electron chi connectivity index (χ4n) is 4.14. The first-order valence-electron chi connectivity index (χ1n) is 12.0. The van der Waals surface area contributed by atoms with Crippen LogP contribution >= 0.6 is 0 Å². The number of primary amides is 1. The number of hydrogen-bond acceptors (Lipinski definition) is 6. The summed E-state index contributed by atoms with van der Waals surface area (Å²) in [4.78, 5) is 28.7. The third-order valence-electron chi connectivity index (χ3n) is 6.28. The van der Waals surface area contributed by atoms with Crippen LogP contribution in [0.1, 0.15) is 35.1 Å². The summed E-state index contributed by atoms with van der Waals surface area (Å²) in [5.74, 6) is -0.122. The van der Waals surface area contributed by atoms with Gasteiger partial charge >= 0.3 is 5.63 Å². The molecular formula is C29H30N2O5. The van der Waals surface area contributed by atoms with Crippen LogP contribution in [0.25, 0.3) is 11.0 Å². The van der Waals surface area contributed by atoms with Gasteiger partial charge in [-0.3, -0.25) is 9.78 Å². The molecule has 0 aliphatic rings. The topological polar surface area (TPSA) is 116 Å². The molecule has 0 aliphatic heterocycles. The molecular weight excluding hydrogens is 456 g/mol. The summed E-state index contributed by atoms with van der Waals surface area (Å²) in [5.41, 5.74) is 6.91. The molecule has 4 aromatic rings. The summed E-state index contributed by atoms with van der Waals surface area (Å²) in [6.07, 6.45) is 5.63. The van der Waals surface area contributed by atoms with Gasteiger partial charge in [-0.05, 0) is 86.2 Å². The molecule has 0 spiro atoms. The number of ether oxygens (including phenoxy) is 1. The molecule has 0 aliphatic carbocycles. The molecule has 0 saturated carbocycles. The first kappa shape index (κ1) is 25.1. The SMILES string of the molecule is Cc1ccc2oc(=O)c(CC(O)(CCc3ccc(OCCCc4ccncc4)cc3)C(N)=O)cc2c1. The standard InChI is InChI=1S/C29H30N2O5/c1-20-4-9-26-23(17-20)18-24(27(32)36-26)19-29(34,28(30)33)13-10-22-5-7-25(8-6-22)35-16-2-3-21-11-14-31-15-12-21/h4-9,11-12,14-15,17-18,34H,2-3,10,13,16,19H2,1H3,(H2,30,33). The lowest BCUT2D eigenvalue weighted by atomic mass is 9.88. The largest absolute Gasteiger partial charge is 0.494 e. The van der Waals surface area contributed by atoms with Gasteiger partial charge in [-0.2, -0.15) is 0 Å². The number of aliphatic hydroxyl groups is 1. The minimum absolute atomic E-state index is 0.0692. The van der Waals surface area contributed by atoms with Crippen LogP contribution in [0.5, 0.6) is 5.75 Å². The number of aryl methyl sites for hydroxylation is 3. The molecule has 0 radical (unpaired) electrons. The van der Waals surface area contributed by atoms with Crippen molar-refractivity contribution >= 4 is 16.9 Å². The predicted octanol–water partition coefficient (Wildman–Crippen LogP) is 3.90. The van der Waals surface area contributed by atoms with E-state index in [-0.39, 0.29) is 18.4 Å². The highest BCUT2D eigenvalue weighted by Crippen LogP contribution is 2.23. The monoisotopic (exact) mass is 486 g/mol. The number of nitrogens with zero attached hydrogens (tertiary/aromatic N) is 1. The van der Waals surface area contributed by atoms with Crippen molar-refractivity contribution in [3.05, 3.63) is 106 Å². The van der Waals surface area contributed by atoms with Crippen molar-refractivity contribution in [3.8, 4) is 5.75 Å². The second kappa shape index (κ2) is 11.2. The number of carbonyl (C=O) groups is 1. The Hall–Kier alpha value is -3.97. The Morgan fingerprint density at radius 1 is 1.03 bits per heavy atom. The number of nitrogens with two attached hydrogens (primary N) is 1. The van der Waals surface area contributed by atoms with E-state index >= 15 is 0 Å². The Morgan fingerprint density at radius 2 is 1.75 bits per heavy atom. The highest BCUT2D eigenvalue weighted by molar-refractivity contribution is 5.84. The highest BCUT2D eigenvalue weighted by Gasteiger charge is 2.35. The van der Waals surface area contributed by atoms with Crippen molar-refractivity contribution in [2.24, 2.45) is 5.73 Å². The summed E-state index contributed by atoms with van der Waals surface area (Å²) in [6.45, 7) is 2.53. The summed E-state index contributed by atoms with van der Waals surface area (Å²) >= 11 is 0. The van der Waals surface area contributed by atoms with E-state index < -0.39 is 17.1 Å². The van der Waals surface area contributed by atoms with Crippen LogP contribution < -0.4 is 16.1 Å². The summed E-state index contributed by atoms with van der Waals surface area (Å²) in [6, 6.07) is 18.6. The molecule has 0 saturated heterocycles. The molecule has 1 amide bonds. The van der Waals surface area contributed by atoms with Gasteiger partial charge in [-0.25, -0.2) is 4.79 Å². The van der Waals surface area contributed by atoms with Gasteiger partial charge in [0, 0.05) is 29.8 Å². The fraction of sp³-hybridized carbons (Fsp3) is 0.276. The van der Waals surface area contributed by atoms with Crippen LogP contribution in [-0.2, 0) is 24.1 Å².